The Bertz CT molecular complexity index is 907. The third-order valence-electron chi connectivity index (χ3n) is 4.04. The van der Waals surface area contributed by atoms with Crippen LogP contribution in [0.5, 0.6) is 0 Å². The molecule has 4 nitrogen and oxygen atoms in total. The molecule has 0 saturated carbocycles. The van der Waals surface area contributed by atoms with Gasteiger partial charge in [-0.15, -0.1) is 0 Å². The molecular formula is C19H19ClFN3O. The van der Waals surface area contributed by atoms with Gasteiger partial charge >= 0.3 is 0 Å². The molecule has 3 aromatic rings. The average Bonchev–Trinajstić information content (AvgIpc) is 2.96. The van der Waals surface area contributed by atoms with Crippen LogP contribution in [0, 0.1) is 5.82 Å². The standard InChI is InChI=1S/C19H19ClFN3O/c1-2-10-24-12-14(15-4-3-8-22-18(15)24)7-9-23-19(25)13-5-6-17(21)16(20)11-13/h3-6,8,11-12H,2,7,9-10H2,1H3,(H,23,25). The number of hydrogen-bond acceptors (Lipinski definition) is 2. The van der Waals surface area contributed by atoms with Crippen LogP contribution >= 0.6 is 11.6 Å². The summed E-state index contributed by atoms with van der Waals surface area (Å²) in [5, 5.41) is 3.90. The van der Waals surface area contributed by atoms with Crippen molar-refractivity contribution in [1.82, 2.24) is 14.9 Å². The normalized spacial score (nSPS) is 11.0. The summed E-state index contributed by atoms with van der Waals surface area (Å²) in [5.74, 6) is -0.799. The second-order valence-electron chi connectivity index (χ2n) is 5.86. The van der Waals surface area contributed by atoms with Crippen LogP contribution in [-0.2, 0) is 13.0 Å². The first-order chi connectivity index (χ1) is 12.1. The molecule has 0 unspecified atom stereocenters. The first-order valence-corrected chi connectivity index (χ1v) is 8.64. The average molecular weight is 360 g/mol. The van der Waals surface area contributed by atoms with Crippen LogP contribution in [0.1, 0.15) is 29.3 Å². The molecule has 0 bridgehead atoms. The number of hydrogen-bond donors (Lipinski definition) is 1. The van der Waals surface area contributed by atoms with E-state index in [1.54, 1.807) is 6.20 Å². The minimum atomic E-state index is -0.533. The molecule has 0 aliphatic heterocycles. The lowest BCUT2D eigenvalue weighted by molar-refractivity contribution is 0.0954. The molecular weight excluding hydrogens is 341 g/mol. The molecule has 3 rings (SSSR count). The van der Waals surface area contributed by atoms with Crippen molar-refractivity contribution in [1.29, 1.82) is 0 Å². The summed E-state index contributed by atoms with van der Waals surface area (Å²) < 4.78 is 15.3. The van der Waals surface area contributed by atoms with Crippen LogP contribution in [0.3, 0.4) is 0 Å². The fourth-order valence-electron chi connectivity index (χ4n) is 2.86. The summed E-state index contributed by atoms with van der Waals surface area (Å²) in [5.41, 5.74) is 2.46. The maximum Gasteiger partial charge on any atom is 0.251 e. The largest absolute Gasteiger partial charge is 0.352 e. The van der Waals surface area contributed by atoms with Crippen LogP contribution in [0.25, 0.3) is 11.0 Å². The topological polar surface area (TPSA) is 46.9 Å². The number of amides is 1. The Balaban J connectivity index is 1.68. The highest BCUT2D eigenvalue weighted by Crippen LogP contribution is 2.20. The number of benzene rings is 1. The molecule has 1 aromatic carbocycles. The van der Waals surface area contributed by atoms with E-state index in [1.165, 1.54) is 18.2 Å². The van der Waals surface area contributed by atoms with Gasteiger partial charge in [-0.1, -0.05) is 18.5 Å². The summed E-state index contributed by atoms with van der Waals surface area (Å²) in [7, 11) is 0. The number of carbonyl (C=O) groups is 1. The molecule has 0 spiro atoms. The van der Waals surface area contributed by atoms with Crippen LogP contribution in [-0.4, -0.2) is 22.0 Å². The number of carbonyl (C=O) groups excluding carboxylic acids is 1. The Hall–Kier alpha value is -2.40. The van der Waals surface area contributed by atoms with E-state index in [2.05, 4.69) is 28.0 Å². The Morgan fingerprint density at radius 1 is 1.36 bits per heavy atom. The second-order valence-corrected chi connectivity index (χ2v) is 6.26. The molecule has 0 aliphatic carbocycles. The van der Waals surface area contributed by atoms with E-state index in [1.807, 2.05) is 12.1 Å². The maximum absolute atomic E-state index is 13.2. The van der Waals surface area contributed by atoms with Gasteiger partial charge < -0.3 is 9.88 Å². The number of aryl methyl sites for hydroxylation is 1. The van der Waals surface area contributed by atoms with Crippen molar-refractivity contribution in [2.45, 2.75) is 26.3 Å². The predicted octanol–water partition coefficient (Wildman–Crippen LogP) is 4.21. The number of halogens is 2. The number of nitrogens with one attached hydrogen (secondary N) is 1. The number of fused-ring (bicyclic) bond motifs is 1. The van der Waals surface area contributed by atoms with Crippen molar-refractivity contribution in [2.75, 3.05) is 6.54 Å². The van der Waals surface area contributed by atoms with Crippen LogP contribution in [0.2, 0.25) is 5.02 Å². The van der Waals surface area contributed by atoms with Gasteiger partial charge in [0.05, 0.1) is 5.02 Å². The summed E-state index contributed by atoms with van der Waals surface area (Å²) in [4.78, 5) is 16.6. The fraction of sp³-hybridized carbons (Fsp3) is 0.263. The highest BCUT2D eigenvalue weighted by molar-refractivity contribution is 6.31. The van der Waals surface area contributed by atoms with E-state index in [9.17, 15) is 9.18 Å². The Kier molecular flexibility index (Phi) is 5.34. The summed E-state index contributed by atoms with van der Waals surface area (Å²) >= 11 is 5.72. The molecule has 25 heavy (non-hydrogen) atoms. The zero-order chi connectivity index (χ0) is 17.8. The minimum absolute atomic E-state index is 0.0543. The third-order valence-corrected chi connectivity index (χ3v) is 4.33. The monoisotopic (exact) mass is 359 g/mol. The Morgan fingerprint density at radius 3 is 2.96 bits per heavy atom. The van der Waals surface area contributed by atoms with Gasteiger partial charge in [-0.25, -0.2) is 9.37 Å². The zero-order valence-electron chi connectivity index (χ0n) is 13.9. The summed E-state index contributed by atoms with van der Waals surface area (Å²) in [6.45, 7) is 3.52. The van der Waals surface area contributed by atoms with E-state index >= 15 is 0 Å². The molecule has 0 aliphatic rings. The van der Waals surface area contributed by atoms with E-state index in [0.29, 0.717) is 18.5 Å². The van der Waals surface area contributed by atoms with Crippen molar-refractivity contribution in [3.8, 4) is 0 Å². The van der Waals surface area contributed by atoms with Crippen LogP contribution in [0.15, 0.2) is 42.7 Å². The lowest BCUT2D eigenvalue weighted by atomic mass is 10.1. The maximum atomic E-state index is 13.2. The molecule has 6 heteroatoms. The molecule has 1 N–H and O–H groups in total. The molecule has 0 radical (unpaired) electrons. The number of pyridine rings is 1. The van der Waals surface area contributed by atoms with E-state index in [4.69, 9.17) is 11.6 Å². The summed E-state index contributed by atoms with van der Waals surface area (Å²) in [6.07, 6.45) is 5.61. The quantitative estimate of drug-likeness (QED) is 0.716. The highest BCUT2D eigenvalue weighted by Gasteiger charge is 2.11. The fourth-order valence-corrected chi connectivity index (χ4v) is 3.04. The van der Waals surface area contributed by atoms with Gasteiger partial charge in [0.2, 0.25) is 0 Å². The van der Waals surface area contributed by atoms with E-state index in [0.717, 1.165) is 29.6 Å². The lowest BCUT2D eigenvalue weighted by Gasteiger charge is -2.05. The first-order valence-electron chi connectivity index (χ1n) is 8.26. The van der Waals surface area contributed by atoms with Gasteiger partial charge in [0.25, 0.3) is 5.91 Å². The number of nitrogens with zero attached hydrogens (tertiary/aromatic N) is 2. The first kappa shape index (κ1) is 17.4. The van der Waals surface area contributed by atoms with E-state index in [-0.39, 0.29) is 10.9 Å². The van der Waals surface area contributed by atoms with Gasteiger partial charge in [0, 0.05) is 36.4 Å². The van der Waals surface area contributed by atoms with Gasteiger partial charge in [-0.05, 0) is 48.7 Å². The third kappa shape index (κ3) is 3.82. The minimum Gasteiger partial charge on any atom is -0.352 e. The van der Waals surface area contributed by atoms with Crippen molar-refractivity contribution < 1.29 is 9.18 Å². The molecule has 2 aromatic heterocycles. The van der Waals surface area contributed by atoms with Crippen LogP contribution in [0.4, 0.5) is 4.39 Å². The van der Waals surface area contributed by atoms with Crippen molar-refractivity contribution in [3.05, 3.63) is 64.7 Å². The second kappa shape index (κ2) is 7.66. The van der Waals surface area contributed by atoms with Gasteiger partial charge in [-0.3, -0.25) is 4.79 Å². The van der Waals surface area contributed by atoms with Gasteiger partial charge in [-0.2, -0.15) is 0 Å². The van der Waals surface area contributed by atoms with Crippen molar-refractivity contribution in [3.63, 3.8) is 0 Å². The smallest absolute Gasteiger partial charge is 0.251 e. The molecule has 2 heterocycles. The van der Waals surface area contributed by atoms with Crippen molar-refractivity contribution in [2.24, 2.45) is 0 Å². The highest BCUT2D eigenvalue weighted by atomic mass is 35.5. The van der Waals surface area contributed by atoms with Crippen molar-refractivity contribution >= 4 is 28.5 Å². The molecule has 1 amide bonds. The molecule has 0 fully saturated rings. The SMILES string of the molecule is CCCn1cc(CCNC(=O)c2ccc(F)c(Cl)c2)c2cccnc21. The molecule has 0 atom stereocenters. The van der Waals surface area contributed by atoms with Gasteiger partial charge in [0.15, 0.2) is 0 Å². The zero-order valence-corrected chi connectivity index (χ0v) is 14.7. The number of aromatic nitrogens is 2. The summed E-state index contributed by atoms with van der Waals surface area (Å²) in [6, 6.07) is 7.92. The van der Waals surface area contributed by atoms with E-state index < -0.39 is 5.82 Å². The Morgan fingerprint density at radius 2 is 2.20 bits per heavy atom. The van der Waals surface area contributed by atoms with Crippen LogP contribution < -0.4 is 5.32 Å². The predicted molar refractivity (Wildman–Crippen MR) is 97.5 cm³/mol. The van der Waals surface area contributed by atoms with Gasteiger partial charge in [0.1, 0.15) is 11.5 Å². The lowest BCUT2D eigenvalue weighted by Crippen LogP contribution is -2.25. The Labute approximate surface area is 150 Å². The molecule has 130 valence electrons. The number of rotatable bonds is 6. The molecule has 0 saturated heterocycles.